The van der Waals surface area contributed by atoms with E-state index in [0.29, 0.717) is 0 Å². The number of benzene rings is 1. The largest absolute Gasteiger partial charge is 0.426 e. The van der Waals surface area contributed by atoms with Crippen LogP contribution in [0.2, 0.25) is 0 Å². The van der Waals surface area contributed by atoms with Crippen LogP contribution in [0.25, 0.3) is 0 Å². The standard InChI is InChI=1S/C14H15F7O2/c1-11(2,22)9-5-4-6-10(15)8(9)7-23-12(3,13(16,17)18)14(19,20)21/h4-6,22H,7H2,1-3H3. The molecule has 0 radical (unpaired) electrons. The SMILES string of the molecule is CC(C)(O)c1cccc(F)c1COC(C)(C(F)(F)F)C(F)(F)F. The number of hydrogen-bond donors (Lipinski definition) is 1. The highest BCUT2D eigenvalue weighted by molar-refractivity contribution is 5.32. The quantitative estimate of drug-likeness (QED) is 0.815. The summed E-state index contributed by atoms with van der Waals surface area (Å²) >= 11 is 0. The summed E-state index contributed by atoms with van der Waals surface area (Å²) in [5.41, 5.74) is -6.86. The monoisotopic (exact) mass is 348 g/mol. The van der Waals surface area contributed by atoms with E-state index < -0.39 is 41.5 Å². The predicted octanol–water partition coefficient (Wildman–Crippen LogP) is 4.45. The first-order valence-corrected chi connectivity index (χ1v) is 6.39. The van der Waals surface area contributed by atoms with Crippen LogP contribution >= 0.6 is 0 Å². The van der Waals surface area contributed by atoms with E-state index in [1.807, 2.05) is 0 Å². The number of hydrogen-bond acceptors (Lipinski definition) is 2. The van der Waals surface area contributed by atoms with Crippen molar-refractivity contribution in [3.05, 3.63) is 35.1 Å². The summed E-state index contributed by atoms with van der Waals surface area (Å²) in [4.78, 5) is 0. The van der Waals surface area contributed by atoms with Gasteiger partial charge in [-0.3, -0.25) is 0 Å². The summed E-state index contributed by atoms with van der Waals surface area (Å²) in [5.74, 6) is -1.07. The first-order chi connectivity index (χ1) is 10.1. The number of alkyl halides is 6. The predicted molar refractivity (Wildman–Crippen MR) is 66.9 cm³/mol. The molecule has 23 heavy (non-hydrogen) atoms. The lowest BCUT2D eigenvalue weighted by molar-refractivity contribution is -0.377. The van der Waals surface area contributed by atoms with Crippen molar-refractivity contribution in [3.63, 3.8) is 0 Å². The number of halogens is 7. The molecule has 1 aromatic rings. The second-order valence-electron chi connectivity index (χ2n) is 5.64. The van der Waals surface area contributed by atoms with Crippen molar-refractivity contribution in [1.29, 1.82) is 0 Å². The Morgan fingerprint density at radius 1 is 0.957 bits per heavy atom. The van der Waals surface area contributed by atoms with Crippen LogP contribution in [-0.2, 0) is 16.9 Å². The molecule has 0 amide bonds. The minimum Gasteiger partial charge on any atom is -0.386 e. The Hall–Kier alpha value is -1.35. The second kappa shape index (κ2) is 5.94. The molecule has 2 nitrogen and oxygen atoms in total. The van der Waals surface area contributed by atoms with Gasteiger partial charge in [-0.25, -0.2) is 4.39 Å². The summed E-state index contributed by atoms with van der Waals surface area (Å²) in [7, 11) is 0. The smallest absolute Gasteiger partial charge is 0.386 e. The topological polar surface area (TPSA) is 29.5 Å². The van der Waals surface area contributed by atoms with Gasteiger partial charge in [0.05, 0.1) is 12.2 Å². The van der Waals surface area contributed by atoms with Crippen LogP contribution in [0.1, 0.15) is 31.9 Å². The van der Waals surface area contributed by atoms with Crippen LogP contribution in [0.3, 0.4) is 0 Å². The molecule has 0 heterocycles. The van der Waals surface area contributed by atoms with Gasteiger partial charge in [-0.15, -0.1) is 0 Å². The molecule has 0 spiro atoms. The van der Waals surface area contributed by atoms with Gasteiger partial charge in [-0.05, 0) is 32.4 Å². The Labute approximate surface area is 127 Å². The van der Waals surface area contributed by atoms with Crippen molar-refractivity contribution in [2.75, 3.05) is 0 Å². The van der Waals surface area contributed by atoms with Gasteiger partial charge in [0.2, 0.25) is 0 Å². The number of rotatable bonds is 4. The molecule has 0 atom stereocenters. The lowest BCUT2D eigenvalue weighted by atomic mass is 9.93. The molecule has 0 saturated carbocycles. The average Bonchev–Trinajstić information content (AvgIpc) is 2.32. The van der Waals surface area contributed by atoms with Gasteiger partial charge in [0.15, 0.2) is 0 Å². The third-order valence-electron chi connectivity index (χ3n) is 3.37. The Morgan fingerprint density at radius 3 is 1.83 bits per heavy atom. The normalized spacial score (nSPS) is 14.2. The van der Waals surface area contributed by atoms with E-state index in [-0.39, 0.29) is 12.5 Å². The minimum absolute atomic E-state index is 0.163. The fourth-order valence-corrected chi connectivity index (χ4v) is 1.82. The van der Waals surface area contributed by atoms with Crippen LogP contribution in [0.5, 0.6) is 0 Å². The molecule has 1 rings (SSSR count). The molecule has 0 bridgehead atoms. The maximum atomic E-state index is 13.8. The Bertz CT molecular complexity index is 542. The third-order valence-corrected chi connectivity index (χ3v) is 3.37. The van der Waals surface area contributed by atoms with Crippen molar-refractivity contribution in [3.8, 4) is 0 Å². The fraction of sp³-hybridized carbons (Fsp3) is 0.571. The lowest BCUT2D eigenvalue weighted by Crippen LogP contribution is -2.56. The van der Waals surface area contributed by atoms with Crippen molar-refractivity contribution >= 4 is 0 Å². The molecule has 1 N–H and O–H groups in total. The van der Waals surface area contributed by atoms with Crippen molar-refractivity contribution in [1.82, 2.24) is 0 Å². The van der Waals surface area contributed by atoms with Gasteiger partial charge in [0, 0.05) is 5.56 Å². The molecular weight excluding hydrogens is 333 g/mol. The molecule has 0 unspecified atom stereocenters. The Morgan fingerprint density at radius 2 is 1.43 bits per heavy atom. The second-order valence-corrected chi connectivity index (χ2v) is 5.64. The highest BCUT2D eigenvalue weighted by Gasteiger charge is 2.69. The number of ether oxygens (including phenoxy) is 1. The van der Waals surface area contributed by atoms with Gasteiger partial charge in [0.1, 0.15) is 5.82 Å². The fourth-order valence-electron chi connectivity index (χ4n) is 1.82. The number of aliphatic hydroxyl groups is 1. The Balaban J connectivity index is 3.24. The van der Waals surface area contributed by atoms with Crippen molar-refractivity contribution in [2.45, 2.75) is 50.9 Å². The van der Waals surface area contributed by atoms with Crippen LogP contribution in [0, 0.1) is 5.82 Å². The first kappa shape index (κ1) is 19.7. The van der Waals surface area contributed by atoms with Gasteiger partial charge >= 0.3 is 12.4 Å². The van der Waals surface area contributed by atoms with Crippen LogP contribution in [0.4, 0.5) is 30.7 Å². The van der Waals surface area contributed by atoms with Crippen LogP contribution < -0.4 is 0 Å². The Kier molecular flexibility index (Phi) is 5.08. The summed E-state index contributed by atoms with van der Waals surface area (Å²) in [6.07, 6.45) is -11.5. The van der Waals surface area contributed by atoms with Crippen LogP contribution in [0.15, 0.2) is 18.2 Å². The van der Waals surface area contributed by atoms with Gasteiger partial charge in [-0.1, -0.05) is 12.1 Å². The first-order valence-electron chi connectivity index (χ1n) is 6.39. The summed E-state index contributed by atoms with van der Waals surface area (Å²) in [6, 6.07) is 3.23. The zero-order valence-corrected chi connectivity index (χ0v) is 12.4. The molecule has 0 fully saturated rings. The molecule has 1 aromatic carbocycles. The molecule has 9 heteroatoms. The molecule has 0 aromatic heterocycles. The van der Waals surface area contributed by atoms with E-state index in [1.54, 1.807) is 0 Å². The van der Waals surface area contributed by atoms with E-state index >= 15 is 0 Å². The van der Waals surface area contributed by atoms with E-state index in [1.165, 1.54) is 26.0 Å². The van der Waals surface area contributed by atoms with E-state index in [0.717, 1.165) is 6.07 Å². The molecule has 132 valence electrons. The third kappa shape index (κ3) is 3.95. The minimum atomic E-state index is -5.74. The summed E-state index contributed by atoms with van der Waals surface area (Å²) in [5, 5.41) is 9.88. The molecule has 0 saturated heterocycles. The van der Waals surface area contributed by atoms with Gasteiger partial charge < -0.3 is 9.84 Å². The summed E-state index contributed by atoms with van der Waals surface area (Å²) in [6.45, 7) is 0.967. The van der Waals surface area contributed by atoms with E-state index in [2.05, 4.69) is 4.74 Å². The maximum absolute atomic E-state index is 13.8. The van der Waals surface area contributed by atoms with Gasteiger partial charge in [0.25, 0.3) is 5.60 Å². The highest BCUT2D eigenvalue weighted by Crippen LogP contribution is 2.46. The van der Waals surface area contributed by atoms with Gasteiger partial charge in [-0.2, -0.15) is 26.3 Å². The summed E-state index contributed by atoms with van der Waals surface area (Å²) < 4.78 is 94.4. The zero-order chi connectivity index (χ0) is 18.3. The molecule has 0 aliphatic rings. The average molecular weight is 348 g/mol. The zero-order valence-electron chi connectivity index (χ0n) is 12.4. The van der Waals surface area contributed by atoms with Crippen molar-refractivity contribution < 1.29 is 40.6 Å². The lowest BCUT2D eigenvalue weighted by Gasteiger charge is -2.34. The molecule has 0 aliphatic carbocycles. The van der Waals surface area contributed by atoms with Crippen molar-refractivity contribution in [2.24, 2.45) is 0 Å². The maximum Gasteiger partial charge on any atom is 0.426 e. The molecule has 0 aliphatic heterocycles. The van der Waals surface area contributed by atoms with E-state index in [9.17, 15) is 35.8 Å². The van der Waals surface area contributed by atoms with E-state index in [4.69, 9.17) is 0 Å². The molecular formula is C14H15F7O2. The highest BCUT2D eigenvalue weighted by atomic mass is 19.4. The van der Waals surface area contributed by atoms with Crippen LogP contribution in [-0.4, -0.2) is 23.1 Å².